The second-order valence-corrected chi connectivity index (χ2v) is 8.36. The predicted molar refractivity (Wildman–Crippen MR) is 90.0 cm³/mol. The van der Waals surface area contributed by atoms with E-state index in [1.807, 2.05) is 52.0 Å². The summed E-state index contributed by atoms with van der Waals surface area (Å²) in [4.78, 5) is 13.6. The van der Waals surface area contributed by atoms with E-state index in [1.54, 1.807) is 11.9 Å². The Bertz CT molecular complexity index is 509. The lowest BCUT2D eigenvalue weighted by Gasteiger charge is -2.19. The van der Waals surface area contributed by atoms with E-state index >= 15 is 0 Å². The van der Waals surface area contributed by atoms with Gasteiger partial charge in [-0.3, -0.25) is 4.21 Å². The molecule has 2 amide bonds. The monoisotopic (exact) mass is 310 g/mol. The molecule has 0 aromatic heterocycles. The summed E-state index contributed by atoms with van der Waals surface area (Å²) in [5.74, 6) is 0.498. The summed E-state index contributed by atoms with van der Waals surface area (Å²) in [6.45, 7) is 8.66. The molecule has 0 unspecified atom stereocenters. The van der Waals surface area contributed by atoms with Crippen LogP contribution >= 0.6 is 0 Å². The average Bonchev–Trinajstić information content (AvgIpc) is 2.38. The maximum atomic E-state index is 12.2. The van der Waals surface area contributed by atoms with Gasteiger partial charge in [0.05, 0.1) is 0 Å². The van der Waals surface area contributed by atoms with Crippen LogP contribution < -0.4 is 5.32 Å². The maximum Gasteiger partial charge on any atom is 0.321 e. The van der Waals surface area contributed by atoms with Crippen molar-refractivity contribution in [3.8, 4) is 0 Å². The van der Waals surface area contributed by atoms with Crippen LogP contribution in [-0.2, 0) is 16.6 Å². The summed E-state index contributed by atoms with van der Waals surface area (Å²) in [5.41, 5.74) is 1.71. The summed E-state index contributed by atoms with van der Waals surface area (Å²) in [6, 6.07) is 7.44. The van der Waals surface area contributed by atoms with Crippen LogP contribution in [-0.4, -0.2) is 33.5 Å². The number of rotatable bonds is 5. The summed E-state index contributed by atoms with van der Waals surface area (Å²) >= 11 is 0. The number of nitrogens with zero attached hydrogens (tertiary/aromatic N) is 1. The number of anilines is 1. The molecule has 0 aliphatic heterocycles. The van der Waals surface area contributed by atoms with E-state index in [0.717, 1.165) is 24.2 Å². The molecule has 5 heteroatoms. The molecule has 1 aromatic carbocycles. The normalized spacial score (nSPS) is 12.8. The molecular weight excluding hydrogens is 284 g/mol. The van der Waals surface area contributed by atoms with E-state index in [-0.39, 0.29) is 10.8 Å². The zero-order chi connectivity index (χ0) is 16.0. The molecule has 0 bridgehead atoms. The Morgan fingerprint density at radius 3 is 2.57 bits per heavy atom. The molecule has 0 fully saturated rings. The van der Waals surface area contributed by atoms with E-state index < -0.39 is 10.8 Å². The molecule has 1 atom stereocenters. The van der Waals surface area contributed by atoms with Gasteiger partial charge in [-0.05, 0) is 44.9 Å². The van der Waals surface area contributed by atoms with Crippen molar-refractivity contribution in [2.45, 2.75) is 44.6 Å². The van der Waals surface area contributed by atoms with E-state index in [1.165, 1.54) is 0 Å². The van der Waals surface area contributed by atoms with E-state index in [0.29, 0.717) is 5.75 Å². The van der Waals surface area contributed by atoms with Gasteiger partial charge in [0.2, 0.25) is 0 Å². The van der Waals surface area contributed by atoms with Gasteiger partial charge < -0.3 is 10.2 Å². The molecule has 0 aliphatic rings. The van der Waals surface area contributed by atoms with Crippen molar-refractivity contribution in [1.29, 1.82) is 0 Å². The Morgan fingerprint density at radius 1 is 1.33 bits per heavy atom. The zero-order valence-electron chi connectivity index (χ0n) is 13.6. The van der Waals surface area contributed by atoms with Gasteiger partial charge in [-0.1, -0.05) is 19.1 Å². The second kappa shape index (κ2) is 7.59. The molecule has 21 heavy (non-hydrogen) atoms. The van der Waals surface area contributed by atoms with Crippen molar-refractivity contribution in [1.82, 2.24) is 4.90 Å². The van der Waals surface area contributed by atoms with Crippen LogP contribution in [0.4, 0.5) is 10.5 Å². The Morgan fingerprint density at radius 2 is 2.00 bits per heavy atom. The van der Waals surface area contributed by atoms with E-state index in [2.05, 4.69) is 5.32 Å². The van der Waals surface area contributed by atoms with Gasteiger partial charge in [-0.2, -0.15) is 0 Å². The zero-order valence-corrected chi connectivity index (χ0v) is 14.4. The minimum atomic E-state index is -0.944. The highest BCUT2D eigenvalue weighted by molar-refractivity contribution is 7.85. The highest BCUT2D eigenvalue weighted by atomic mass is 32.2. The molecule has 0 radical (unpaired) electrons. The Balaban J connectivity index is 2.73. The number of carbonyl (C=O) groups is 1. The topological polar surface area (TPSA) is 49.4 Å². The van der Waals surface area contributed by atoms with Gasteiger partial charge in [0.25, 0.3) is 0 Å². The standard InChI is InChI=1S/C16H26N2O2S/c1-6-10-18(5)15(19)17-14-9-7-8-13(11-14)12-21(20)16(2,3)4/h7-9,11H,6,10,12H2,1-5H3,(H,17,19)/t21-/m0/s1. The van der Waals surface area contributed by atoms with Crippen molar-refractivity contribution in [2.24, 2.45) is 0 Å². The molecule has 1 rings (SSSR count). The van der Waals surface area contributed by atoms with Crippen LogP contribution in [0.2, 0.25) is 0 Å². The summed E-state index contributed by atoms with van der Waals surface area (Å²) in [6.07, 6.45) is 0.925. The first-order valence-electron chi connectivity index (χ1n) is 7.23. The third kappa shape index (κ3) is 5.87. The molecule has 1 N–H and O–H groups in total. The fourth-order valence-electron chi connectivity index (χ4n) is 1.76. The van der Waals surface area contributed by atoms with Crippen LogP contribution in [0.25, 0.3) is 0 Å². The summed E-state index contributed by atoms with van der Waals surface area (Å²) < 4.78 is 11.9. The molecule has 118 valence electrons. The minimum absolute atomic E-state index is 0.119. The molecule has 4 nitrogen and oxygen atoms in total. The number of amides is 2. The Kier molecular flexibility index (Phi) is 6.40. The van der Waals surface area contributed by atoms with Crippen molar-refractivity contribution < 1.29 is 9.00 Å². The first-order valence-corrected chi connectivity index (χ1v) is 8.55. The van der Waals surface area contributed by atoms with Crippen LogP contribution in [0.15, 0.2) is 24.3 Å². The third-order valence-corrected chi connectivity index (χ3v) is 5.03. The highest BCUT2D eigenvalue weighted by Gasteiger charge is 2.19. The molecule has 0 saturated heterocycles. The fraction of sp³-hybridized carbons (Fsp3) is 0.562. The van der Waals surface area contributed by atoms with Crippen LogP contribution in [0.5, 0.6) is 0 Å². The highest BCUT2D eigenvalue weighted by Crippen LogP contribution is 2.18. The van der Waals surface area contributed by atoms with Gasteiger partial charge in [0.1, 0.15) is 0 Å². The lowest BCUT2D eigenvalue weighted by atomic mass is 10.2. The van der Waals surface area contributed by atoms with Crippen LogP contribution in [0, 0.1) is 0 Å². The molecule has 0 saturated carbocycles. The SMILES string of the molecule is CCCN(C)C(=O)Nc1cccc(C[S@](=O)C(C)(C)C)c1. The molecular formula is C16H26N2O2S. The van der Waals surface area contributed by atoms with Crippen molar-refractivity contribution in [3.63, 3.8) is 0 Å². The smallest absolute Gasteiger partial charge is 0.321 e. The quantitative estimate of drug-likeness (QED) is 0.903. The van der Waals surface area contributed by atoms with Crippen LogP contribution in [0.1, 0.15) is 39.7 Å². The van der Waals surface area contributed by atoms with Crippen LogP contribution in [0.3, 0.4) is 0 Å². The van der Waals surface area contributed by atoms with E-state index in [4.69, 9.17) is 0 Å². The molecule has 0 spiro atoms. The predicted octanol–water partition coefficient (Wildman–Crippen LogP) is 3.61. The number of hydrogen-bond donors (Lipinski definition) is 1. The molecule has 1 aromatic rings. The number of hydrogen-bond acceptors (Lipinski definition) is 2. The molecule has 0 aliphatic carbocycles. The summed E-state index contributed by atoms with van der Waals surface area (Å²) in [7, 11) is 0.831. The van der Waals surface area contributed by atoms with Gasteiger partial charge in [0, 0.05) is 40.6 Å². The lowest BCUT2D eigenvalue weighted by molar-refractivity contribution is 0.222. The number of nitrogens with one attached hydrogen (secondary N) is 1. The van der Waals surface area contributed by atoms with Gasteiger partial charge in [-0.25, -0.2) is 4.79 Å². The van der Waals surface area contributed by atoms with Crippen molar-refractivity contribution in [2.75, 3.05) is 18.9 Å². The third-order valence-electron chi connectivity index (χ3n) is 3.06. The fourth-order valence-corrected chi connectivity index (χ4v) is 2.68. The number of carbonyl (C=O) groups excluding carboxylic acids is 1. The Labute approximate surface area is 130 Å². The largest absolute Gasteiger partial charge is 0.328 e. The minimum Gasteiger partial charge on any atom is -0.328 e. The first kappa shape index (κ1) is 17.7. The first-order chi connectivity index (χ1) is 9.74. The molecule has 0 heterocycles. The number of benzene rings is 1. The van der Waals surface area contributed by atoms with E-state index in [9.17, 15) is 9.00 Å². The van der Waals surface area contributed by atoms with Gasteiger partial charge in [-0.15, -0.1) is 0 Å². The summed E-state index contributed by atoms with van der Waals surface area (Å²) in [5, 5.41) is 2.87. The lowest BCUT2D eigenvalue weighted by Crippen LogP contribution is -2.31. The Hall–Kier alpha value is -1.36. The van der Waals surface area contributed by atoms with Gasteiger partial charge >= 0.3 is 6.03 Å². The second-order valence-electron chi connectivity index (χ2n) is 6.15. The van der Waals surface area contributed by atoms with Crippen molar-refractivity contribution in [3.05, 3.63) is 29.8 Å². The number of urea groups is 1. The van der Waals surface area contributed by atoms with Crippen molar-refractivity contribution >= 4 is 22.5 Å². The maximum absolute atomic E-state index is 12.2. The van der Waals surface area contributed by atoms with Gasteiger partial charge in [0.15, 0.2) is 0 Å². The average molecular weight is 310 g/mol.